The van der Waals surface area contributed by atoms with E-state index in [1.165, 1.54) is 13.8 Å². The maximum Gasteiger partial charge on any atom is 0.314 e. The summed E-state index contributed by atoms with van der Waals surface area (Å²) >= 11 is 0. The summed E-state index contributed by atoms with van der Waals surface area (Å²) in [5.74, 6) is -0.817. The number of alkyl halides is 2. The zero-order chi connectivity index (χ0) is 10.6. The van der Waals surface area contributed by atoms with E-state index in [0.717, 1.165) is 0 Å². The van der Waals surface area contributed by atoms with E-state index in [4.69, 9.17) is 5.11 Å². The molecule has 1 unspecified atom stereocenters. The first-order valence-electron chi connectivity index (χ1n) is 3.97. The number of aliphatic hydroxyl groups excluding tert-OH is 1. The largest absolute Gasteiger partial charge is 0.466 e. The van der Waals surface area contributed by atoms with Crippen LogP contribution in [0.25, 0.3) is 0 Å². The summed E-state index contributed by atoms with van der Waals surface area (Å²) in [6, 6.07) is 0. The maximum atomic E-state index is 12.1. The molecule has 0 heterocycles. The summed E-state index contributed by atoms with van der Waals surface area (Å²) in [7, 11) is 0. The topological polar surface area (TPSA) is 46.5 Å². The third kappa shape index (κ3) is 2.91. The van der Waals surface area contributed by atoms with E-state index in [1.54, 1.807) is 6.92 Å². The van der Waals surface area contributed by atoms with Crippen LogP contribution in [0.2, 0.25) is 0 Å². The third-order valence-electron chi connectivity index (χ3n) is 1.78. The van der Waals surface area contributed by atoms with Crippen molar-refractivity contribution in [3.05, 3.63) is 0 Å². The van der Waals surface area contributed by atoms with Crippen molar-refractivity contribution in [2.45, 2.75) is 33.3 Å². The highest BCUT2D eigenvalue weighted by atomic mass is 19.3. The van der Waals surface area contributed by atoms with Crippen molar-refractivity contribution in [1.29, 1.82) is 0 Å². The summed E-state index contributed by atoms with van der Waals surface area (Å²) in [5.41, 5.74) is -1.57. The predicted molar refractivity (Wildman–Crippen MR) is 42.4 cm³/mol. The summed E-state index contributed by atoms with van der Waals surface area (Å²) < 4.78 is 28.7. The molecule has 13 heavy (non-hydrogen) atoms. The molecule has 0 amide bonds. The van der Waals surface area contributed by atoms with E-state index in [1.807, 2.05) is 0 Å². The molecule has 1 atom stereocenters. The SMILES string of the molecule is CCOC(=O)C(C)(C)C(O)C(F)F. The molecule has 1 N–H and O–H groups in total. The Morgan fingerprint density at radius 3 is 2.31 bits per heavy atom. The molecule has 0 fully saturated rings. The van der Waals surface area contributed by atoms with Gasteiger partial charge in [-0.05, 0) is 20.8 Å². The minimum atomic E-state index is -2.94. The van der Waals surface area contributed by atoms with Crippen LogP contribution in [0.4, 0.5) is 8.78 Å². The van der Waals surface area contributed by atoms with Gasteiger partial charge in [-0.3, -0.25) is 4.79 Å². The molecule has 0 aliphatic rings. The lowest BCUT2D eigenvalue weighted by Gasteiger charge is -2.27. The van der Waals surface area contributed by atoms with Gasteiger partial charge in [-0.15, -0.1) is 0 Å². The van der Waals surface area contributed by atoms with Gasteiger partial charge in [-0.25, -0.2) is 8.78 Å². The number of esters is 1. The lowest BCUT2D eigenvalue weighted by molar-refractivity contribution is -0.167. The average Bonchev–Trinajstić information content (AvgIpc) is 2.03. The van der Waals surface area contributed by atoms with Crippen LogP contribution in [0.3, 0.4) is 0 Å². The van der Waals surface area contributed by atoms with E-state index >= 15 is 0 Å². The van der Waals surface area contributed by atoms with Gasteiger partial charge < -0.3 is 9.84 Å². The molecule has 0 aliphatic heterocycles. The molecule has 3 nitrogen and oxygen atoms in total. The van der Waals surface area contributed by atoms with Crippen molar-refractivity contribution in [2.75, 3.05) is 6.61 Å². The van der Waals surface area contributed by atoms with Gasteiger partial charge in [-0.1, -0.05) is 0 Å². The standard InChI is InChI=1S/C8H14F2O3/c1-4-13-7(12)8(2,3)5(11)6(9)10/h5-6,11H,4H2,1-3H3. The first-order valence-corrected chi connectivity index (χ1v) is 3.97. The highest BCUT2D eigenvalue weighted by Gasteiger charge is 2.42. The fraction of sp³-hybridized carbons (Fsp3) is 0.875. The predicted octanol–water partition coefficient (Wildman–Crippen LogP) is 1.20. The molecule has 0 spiro atoms. The van der Waals surface area contributed by atoms with Crippen LogP contribution in [0.1, 0.15) is 20.8 Å². The first-order chi connectivity index (χ1) is 5.84. The highest BCUT2D eigenvalue weighted by molar-refractivity contribution is 5.76. The van der Waals surface area contributed by atoms with Crippen LogP contribution in [0.5, 0.6) is 0 Å². The van der Waals surface area contributed by atoms with Crippen molar-refractivity contribution in [3.63, 3.8) is 0 Å². The second-order valence-corrected chi connectivity index (χ2v) is 3.22. The van der Waals surface area contributed by atoms with Gasteiger partial charge in [-0.2, -0.15) is 0 Å². The van der Waals surface area contributed by atoms with Gasteiger partial charge in [0.25, 0.3) is 6.43 Å². The monoisotopic (exact) mass is 196 g/mol. The lowest BCUT2D eigenvalue weighted by Crippen LogP contribution is -2.42. The number of hydrogen-bond donors (Lipinski definition) is 1. The molecule has 0 aromatic carbocycles. The molecule has 5 heteroatoms. The maximum absolute atomic E-state index is 12.1. The van der Waals surface area contributed by atoms with Crippen LogP contribution in [0.15, 0.2) is 0 Å². The Labute approximate surface area is 75.7 Å². The van der Waals surface area contributed by atoms with E-state index in [2.05, 4.69) is 4.74 Å². The van der Waals surface area contributed by atoms with Gasteiger partial charge >= 0.3 is 5.97 Å². The minimum absolute atomic E-state index is 0.109. The number of carbonyl (C=O) groups excluding carboxylic acids is 1. The molecule has 0 aromatic rings. The Kier molecular flexibility index (Phi) is 4.26. The molecule has 0 aromatic heterocycles. The molecule has 0 aliphatic carbocycles. The highest BCUT2D eigenvalue weighted by Crippen LogP contribution is 2.26. The van der Waals surface area contributed by atoms with Crippen LogP contribution in [0, 0.1) is 5.41 Å². The molecular formula is C8H14F2O3. The van der Waals surface area contributed by atoms with E-state index in [-0.39, 0.29) is 6.61 Å². The van der Waals surface area contributed by atoms with Gasteiger partial charge in [0.15, 0.2) is 0 Å². The zero-order valence-corrected chi connectivity index (χ0v) is 7.88. The van der Waals surface area contributed by atoms with Crippen LogP contribution in [-0.2, 0) is 9.53 Å². The van der Waals surface area contributed by atoms with Gasteiger partial charge in [0, 0.05) is 0 Å². The normalized spacial score (nSPS) is 14.4. The van der Waals surface area contributed by atoms with E-state index in [0.29, 0.717) is 0 Å². The number of ether oxygens (including phenoxy) is 1. The quantitative estimate of drug-likeness (QED) is 0.687. The van der Waals surface area contributed by atoms with Crippen molar-refractivity contribution in [2.24, 2.45) is 5.41 Å². The van der Waals surface area contributed by atoms with Crippen LogP contribution >= 0.6 is 0 Å². The van der Waals surface area contributed by atoms with Crippen LogP contribution < -0.4 is 0 Å². The molecule has 0 rings (SSSR count). The Morgan fingerprint density at radius 1 is 1.54 bits per heavy atom. The zero-order valence-electron chi connectivity index (χ0n) is 7.88. The fourth-order valence-electron chi connectivity index (χ4n) is 0.753. The number of carbonyl (C=O) groups is 1. The molecule has 0 radical (unpaired) electrons. The second-order valence-electron chi connectivity index (χ2n) is 3.22. The smallest absolute Gasteiger partial charge is 0.314 e. The summed E-state index contributed by atoms with van der Waals surface area (Å²) in [6.45, 7) is 4.13. The van der Waals surface area contributed by atoms with Gasteiger partial charge in [0.2, 0.25) is 0 Å². The average molecular weight is 196 g/mol. The second kappa shape index (κ2) is 4.50. The van der Waals surface area contributed by atoms with Crippen molar-refractivity contribution in [3.8, 4) is 0 Å². The van der Waals surface area contributed by atoms with Gasteiger partial charge in [0.1, 0.15) is 6.10 Å². The van der Waals surface area contributed by atoms with Crippen molar-refractivity contribution in [1.82, 2.24) is 0 Å². The minimum Gasteiger partial charge on any atom is -0.466 e. The molecular weight excluding hydrogens is 182 g/mol. The molecule has 0 saturated heterocycles. The van der Waals surface area contributed by atoms with Crippen LogP contribution in [-0.4, -0.2) is 30.2 Å². The summed E-state index contributed by atoms with van der Waals surface area (Å²) in [6.07, 6.45) is -4.94. The van der Waals surface area contributed by atoms with E-state index in [9.17, 15) is 13.6 Å². The Morgan fingerprint density at radius 2 is 2.00 bits per heavy atom. The molecule has 0 saturated carbocycles. The fourth-order valence-corrected chi connectivity index (χ4v) is 0.753. The Hall–Kier alpha value is -0.710. The summed E-state index contributed by atoms with van der Waals surface area (Å²) in [4.78, 5) is 11.1. The van der Waals surface area contributed by atoms with E-state index < -0.39 is 23.9 Å². The van der Waals surface area contributed by atoms with Crippen molar-refractivity contribution < 1.29 is 23.4 Å². The Balaban J connectivity index is 4.45. The molecule has 0 bridgehead atoms. The third-order valence-corrected chi connectivity index (χ3v) is 1.78. The van der Waals surface area contributed by atoms with Gasteiger partial charge in [0.05, 0.1) is 12.0 Å². The Bertz CT molecular complexity index is 180. The first kappa shape index (κ1) is 12.3. The van der Waals surface area contributed by atoms with Crippen molar-refractivity contribution >= 4 is 5.97 Å². The molecule has 78 valence electrons. The number of rotatable bonds is 4. The summed E-state index contributed by atoms with van der Waals surface area (Å²) in [5, 5.41) is 9.00. The number of hydrogen-bond acceptors (Lipinski definition) is 3. The lowest BCUT2D eigenvalue weighted by atomic mass is 9.87. The number of halogens is 2. The number of aliphatic hydroxyl groups is 1.